The summed E-state index contributed by atoms with van der Waals surface area (Å²) in [5.74, 6) is 5.26. The van der Waals surface area contributed by atoms with Crippen molar-refractivity contribution in [3.05, 3.63) is 265 Å². The normalized spacial score (nSPS) is 14.8. The van der Waals surface area contributed by atoms with Crippen LogP contribution < -0.4 is 88.9 Å². The third kappa shape index (κ3) is 30.2. The molecule has 0 amide bonds. The van der Waals surface area contributed by atoms with Gasteiger partial charge in [0.25, 0.3) is 11.8 Å². The van der Waals surface area contributed by atoms with E-state index in [9.17, 15) is 0 Å². The van der Waals surface area contributed by atoms with E-state index in [1.165, 1.54) is 72.7 Å². The van der Waals surface area contributed by atoms with Crippen molar-refractivity contribution in [2.24, 2.45) is 7.05 Å². The molecule has 38 nitrogen and oxygen atoms in total. The molecule has 19 heterocycles. The lowest BCUT2D eigenvalue weighted by molar-refractivity contribution is -0.913. The highest BCUT2D eigenvalue weighted by Gasteiger charge is 2.32. The molecule has 4 aliphatic heterocycles. The van der Waals surface area contributed by atoms with E-state index in [0.717, 1.165) is 225 Å². The van der Waals surface area contributed by atoms with Crippen molar-refractivity contribution < 1.29 is 42.0 Å². The number of aliphatic hydroxyl groups is 1. The number of aromatic nitrogens is 16. The highest BCUT2D eigenvalue weighted by Crippen LogP contribution is 2.34. The molecule has 38 heteroatoms. The van der Waals surface area contributed by atoms with Gasteiger partial charge in [0.2, 0.25) is 6.33 Å². The van der Waals surface area contributed by atoms with Gasteiger partial charge in [0.1, 0.15) is 77.6 Å². The molecule has 16 aromatic rings. The van der Waals surface area contributed by atoms with E-state index >= 15 is 0 Å². The van der Waals surface area contributed by atoms with Crippen molar-refractivity contribution >= 4 is 119 Å². The number of benzene rings is 1. The summed E-state index contributed by atoms with van der Waals surface area (Å²) >= 11 is 0. The average molecular weight is 2010 g/mol. The number of aryl methyl sites for hydroxylation is 4. The molecule has 0 atom stereocenters. The SMILES string of the molecule is CCC[N+]1(C)CCN(CCNc2nn3ccccc3c2N)CC1.C[N+](C)(C)c1ccc(Nc2nn3ccccc3c2N)cc1.C[N+]1(C)CCCN(c2nn3ccccc3c2N)CC1.C[N+]1(C)CCN(c2nn3ccccc3c2N)CC1.C[n+]1ccn(CCCOc2nn3ccccc3c2N)c1.Cc1ccc2c(N)c(OCC[N+](C)(C)C)nn2c1C.Nc1c(N2CC[NH+](CCO)CC2)nn2ccccc12.[CH3-].[CH3-].[CH3-].[CH3-].[CH3-].[CH3-].[CH3-]. The number of quaternary nitrogens is 6. The Morgan fingerprint density at radius 3 is 1.32 bits per heavy atom. The zero-order chi connectivity index (χ0) is 98.9. The third-order valence-corrected chi connectivity index (χ3v) is 26.6. The van der Waals surface area contributed by atoms with Crippen LogP contribution >= 0.6 is 0 Å². The van der Waals surface area contributed by atoms with Gasteiger partial charge < -0.3 is 155 Å². The number of nitrogens with two attached hydrogens (primary N) is 7. The van der Waals surface area contributed by atoms with Crippen LogP contribution in [0.5, 0.6) is 11.8 Å². The van der Waals surface area contributed by atoms with Crippen LogP contribution in [0, 0.1) is 65.8 Å². The minimum absolute atomic E-state index is 0. The molecule has 0 bridgehead atoms. The molecule has 15 aromatic heterocycles. The van der Waals surface area contributed by atoms with Crippen molar-refractivity contribution in [3.8, 4) is 11.8 Å². The zero-order valence-electron chi connectivity index (χ0n) is 91.3. The number of imidazole rings is 1. The second-order valence-corrected chi connectivity index (χ2v) is 40.2. The van der Waals surface area contributed by atoms with Crippen molar-refractivity contribution in [1.82, 2.24) is 81.2 Å². The monoisotopic (exact) mass is 2010 g/mol. The molecule has 18 N–H and O–H groups in total. The summed E-state index contributed by atoms with van der Waals surface area (Å²) in [6.07, 6.45) is 20.9. The Labute approximate surface area is 867 Å². The van der Waals surface area contributed by atoms with Gasteiger partial charge in [-0.15, -0.1) is 35.7 Å². The Hall–Kier alpha value is -13.9. The predicted octanol–water partition coefficient (Wildman–Crippen LogP) is 10.8. The highest BCUT2D eigenvalue weighted by molar-refractivity contribution is 5.86. The van der Waals surface area contributed by atoms with E-state index in [2.05, 4.69) is 180 Å². The number of anilines is 13. The number of piperazine rings is 3. The standard InChI is InChI=1S/C17H29N6.C16H20N5.C14H18N5O.C14H22N5.C14H23N4O.C13H19N5O.C13H20N5.7CH3/c1-3-12-23(2)13-10-21(11-14-23)9-7-19-17-16(18)15-6-4-5-8-22(15)20-17;1-21(2,3)13-9-7-12(8-10-13)18-16-15(17)14-6-4-5-11-20(14)19-16;1-17-8-9-18(11-17)6-4-10-20-14-13(15)12-5-2-3-7-19(12)16-14;1-19(2)10-5-7-17(9-11-19)14-13(15)12-6-3-4-8-18(12)16-14;1-10-6-7-12-13(15)14(16-17(12)11(10)2)19-9-8-18(3,4)5;14-12-11-3-1-2-4-18(11)15-13(12)17-7-5-16(6-8-17)9-10-19;1-18(2)9-7-16(8-10-18)13-12(14)11-5-3-4-6-17(11)15-13;;;;;;;/h4-6,8H,3,7,9-14,18H2,1-2H3,(H,19,20);4-11H,17H2,1-3H3,(H,18,19);2-3,5,7-9,11H,4,6,10,15H2,1H3;3-4,6,8H,5,7,9-11,15H2,1-2H3;6-7H,8-9,15H2,1-5H3;1-4,19H,5-10,14H2;3-6H,7-10,14H2,1-2H3;7*1H3/q5*+1;;+1;7*-1/p+1. The zero-order valence-corrected chi connectivity index (χ0v) is 91.3. The van der Waals surface area contributed by atoms with Crippen LogP contribution in [0.25, 0.3) is 38.6 Å². The van der Waals surface area contributed by atoms with Crippen LogP contribution in [0.2, 0.25) is 0 Å². The lowest BCUT2D eigenvalue weighted by Crippen LogP contribution is -3.15. The molecular formula is C108H173N35O3. The topological polar surface area (TPSA) is 392 Å². The number of hydrogen-bond acceptors (Lipinski definition) is 23. The van der Waals surface area contributed by atoms with Gasteiger partial charge in [0, 0.05) is 106 Å². The van der Waals surface area contributed by atoms with Gasteiger partial charge in [-0.05, 0) is 117 Å². The molecule has 4 fully saturated rings. The second kappa shape index (κ2) is 52.8. The van der Waals surface area contributed by atoms with Gasteiger partial charge in [0.15, 0.2) is 29.1 Å². The maximum absolute atomic E-state index is 8.97. The number of ether oxygens (including phenoxy) is 2. The van der Waals surface area contributed by atoms with E-state index in [-0.39, 0.29) is 58.6 Å². The van der Waals surface area contributed by atoms with Crippen LogP contribution in [0.4, 0.5) is 80.3 Å². The van der Waals surface area contributed by atoms with Crippen LogP contribution in [0.3, 0.4) is 0 Å². The van der Waals surface area contributed by atoms with E-state index in [0.29, 0.717) is 47.9 Å². The summed E-state index contributed by atoms with van der Waals surface area (Å²) in [5, 5.41) is 47.2. The van der Waals surface area contributed by atoms with Crippen molar-refractivity contribution in [2.75, 3.05) is 300 Å². The summed E-state index contributed by atoms with van der Waals surface area (Å²) in [6, 6.07) is 47.8. The third-order valence-electron chi connectivity index (χ3n) is 26.6. The molecule has 0 radical (unpaired) electrons. The fourth-order valence-electron chi connectivity index (χ4n) is 17.6. The highest BCUT2D eigenvalue weighted by atomic mass is 16.5. The smallest absolute Gasteiger partial charge is 0.257 e. The summed E-state index contributed by atoms with van der Waals surface area (Å²) in [4.78, 5) is 10.8. The summed E-state index contributed by atoms with van der Waals surface area (Å²) in [7, 11) is 26.3. The van der Waals surface area contributed by atoms with Gasteiger partial charge >= 0.3 is 0 Å². The molecule has 0 aliphatic carbocycles. The molecule has 20 rings (SSSR count). The summed E-state index contributed by atoms with van der Waals surface area (Å²) in [5.41, 5.74) is 59.1. The summed E-state index contributed by atoms with van der Waals surface area (Å²) < 4.78 is 33.3. The Balaban J connectivity index is 0.000000229. The molecule has 0 saturated carbocycles. The first kappa shape index (κ1) is 119. The molecular weight excluding hydrogens is 1840 g/mol. The number of hydrogen-bond donors (Lipinski definition) is 11. The van der Waals surface area contributed by atoms with Gasteiger partial charge in [-0.25, -0.2) is 40.7 Å². The Morgan fingerprint density at radius 2 is 0.870 bits per heavy atom. The van der Waals surface area contributed by atoms with Gasteiger partial charge in [-0.1, -0.05) is 49.4 Å². The van der Waals surface area contributed by atoms with Crippen LogP contribution in [-0.2, 0) is 13.6 Å². The molecule has 146 heavy (non-hydrogen) atoms. The molecule has 1 aromatic carbocycles. The quantitative estimate of drug-likeness (QED) is 0.0123. The van der Waals surface area contributed by atoms with Gasteiger partial charge in [-0.2, -0.15) is 0 Å². The van der Waals surface area contributed by atoms with Crippen LogP contribution in [0.15, 0.2) is 201 Å². The van der Waals surface area contributed by atoms with E-state index < -0.39 is 0 Å². The summed E-state index contributed by atoms with van der Waals surface area (Å²) in [6.45, 7) is 31.2. The Kier molecular flexibility index (Phi) is 43.0. The van der Waals surface area contributed by atoms with Crippen LogP contribution in [-0.4, -0.2) is 335 Å². The van der Waals surface area contributed by atoms with Gasteiger partial charge in [0.05, 0.1) is 235 Å². The first-order valence-corrected chi connectivity index (χ1v) is 48.5. The number of nitrogen functional groups attached to an aromatic ring is 7. The van der Waals surface area contributed by atoms with Crippen molar-refractivity contribution in [1.29, 1.82) is 0 Å². The van der Waals surface area contributed by atoms with Crippen LogP contribution in [0.1, 0.15) is 37.4 Å². The molecule has 4 aliphatic rings. The van der Waals surface area contributed by atoms with E-state index in [1.807, 2.05) is 224 Å². The number of likely N-dealkylation sites (N-methyl/N-ethyl adjacent to an activating group) is 4. The fourth-order valence-corrected chi connectivity index (χ4v) is 17.6. The Bertz CT molecular complexity index is 6660. The minimum atomic E-state index is 0. The minimum Gasteiger partial charge on any atom is -0.475 e. The first-order valence-electron chi connectivity index (χ1n) is 48.5. The maximum atomic E-state index is 8.97. The maximum Gasteiger partial charge on any atom is 0.257 e. The number of aliphatic hydroxyl groups excluding tert-OH is 1. The molecule has 0 unspecified atom stereocenters. The second-order valence-electron chi connectivity index (χ2n) is 40.2. The lowest BCUT2D eigenvalue weighted by atomic mass is 10.2. The van der Waals surface area contributed by atoms with E-state index in [4.69, 9.17) is 54.7 Å². The van der Waals surface area contributed by atoms with Gasteiger partial charge in [-0.3, -0.25) is 9.38 Å². The number of pyridine rings is 7. The fraction of sp³-hybridized carbons (Fsp3) is 0.398. The first-order chi connectivity index (χ1) is 66.5. The molecule has 0 spiro atoms. The van der Waals surface area contributed by atoms with Crippen molar-refractivity contribution in [2.45, 2.75) is 46.6 Å². The predicted molar refractivity (Wildman–Crippen MR) is 609 cm³/mol. The Morgan fingerprint density at radius 1 is 0.445 bits per heavy atom. The van der Waals surface area contributed by atoms with E-state index in [1.54, 1.807) is 9.03 Å². The number of nitrogens with one attached hydrogen (secondary N) is 3. The average Bonchev–Trinajstić information content (AvgIpc) is 1.64. The lowest BCUT2D eigenvalue weighted by Gasteiger charge is -2.42. The molecule has 798 valence electrons. The number of rotatable bonds is 23. The number of fused-ring (bicyclic) bond motifs is 7. The largest absolute Gasteiger partial charge is 0.475 e. The van der Waals surface area contributed by atoms with Crippen molar-refractivity contribution in [3.63, 3.8) is 0 Å². The number of nitrogens with zero attached hydrogens (tertiary/aromatic N) is 25. The molecule has 4 saturated heterocycles.